The molecule has 4 fully saturated rings. The molecule has 21 heavy (non-hydrogen) atoms. The van der Waals surface area contributed by atoms with E-state index in [9.17, 15) is 0 Å². The van der Waals surface area contributed by atoms with Crippen molar-refractivity contribution in [2.75, 3.05) is 0 Å². The standard InChI is InChI=1S/C18H28N2O/c1-18(2,3)20-9-15-17(21-10-19-15)16-13-5-11-4-12(7-13)8-14(16)6-11/h10-14,16,20H,4-9H2,1-3H3. The fraction of sp³-hybridized carbons (Fsp3) is 0.833. The molecule has 3 nitrogen and oxygen atoms in total. The van der Waals surface area contributed by atoms with Crippen molar-refractivity contribution in [2.45, 2.75) is 70.9 Å². The second kappa shape index (κ2) is 4.84. The van der Waals surface area contributed by atoms with E-state index in [0.29, 0.717) is 5.92 Å². The highest BCUT2D eigenvalue weighted by Gasteiger charge is 2.50. The SMILES string of the molecule is CC(C)(C)NCc1ncoc1C1C2CC3CC(C2)CC1C3. The molecular formula is C18H28N2O. The number of nitrogens with one attached hydrogen (secondary N) is 1. The summed E-state index contributed by atoms with van der Waals surface area (Å²) < 4.78 is 5.90. The van der Waals surface area contributed by atoms with Gasteiger partial charge in [-0.05, 0) is 76.5 Å². The Bertz CT molecular complexity index is 486. The third-order valence-electron chi connectivity index (χ3n) is 5.99. The van der Waals surface area contributed by atoms with Gasteiger partial charge in [0, 0.05) is 18.0 Å². The van der Waals surface area contributed by atoms with Crippen molar-refractivity contribution in [1.29, 1.82) is 0 Å². The van der Waals surface area contributed by atoms with Gasteiger partial charge in [-0.25, -0.2) is 4.98 Å². The molecule has 1 N–H and O–H groups in total. The summed E-state index contributed by atoms with van der Waals surface area (Å²) >= 11 is 0. The number of hydrogen-bond acceptors (Lipinski definition) is 3. The smallest absolute Gasteiger partial charge is 0.181 e. The predicted molar refractivity (Wildman–Crippen MR) is 82.9 cm³/mol. The number of oxazole rings is 1. The molecule has 4 aliphatic rings. The van der Waals surface area contributed by atoms with Crippen molar-refractivity contribution in [1.82, 2.24) is 10.3 Å². The van der Waals surface area contributed by atoms with Crippen molar-refractivity contribution in [2.24, 2.45) is 23.7 Å². The monoisotopic (exact) mass is 288 g/mol. The van der Waals surface area contributed by atoms with E-state index in [0.717, 1.165) is 35.9 Å². The second-order valence-electron chi connectivity index (χ2n) is 8.72. The van der Waals surface area contributed by atoms with Crippen molar-refractivity contribution in [3.8, 4) is 0 Å². The second-order valence-corrected chi connectivity index (χ2v) is 8.72. The summed E-state index contributed by atoms with van der Waals surface area (Å²) in [5, 5.41) is 3.56. The number of hydrogen-bond donors (Lipinski definition) is 1. The van der Waals surface area contributed by atoms with Crippen LogP contribution in [0.15, 0.2) is 10.8 Å². The summed E-state index contributed by atoms with van der Waals surface area (Å²) in [6, 6.07) is 0. The molecule has 3 heteroatoms. The maximum Gasteiger partial charge on any atom is 0.181 e. The van der Waals surface area contributed by atoms with E-state index in [4.69, 9.17) is 4.42 Å². The first-order valence-corrected chi connectivity index (χ1v) is 8.67. The van der Waals surface area contributed by atoms with Crippen LogP contribution in [0.2, 0.25) is 0 Å². The lowest BCUT2D eigenvalue weighted by atomic mass is 9.51. The largest absolute Gasteiger partial charge is 0.448 e. The molecule has 0 aromatic carbocycles. The third-order valence-corrected chi connectivity index (χ3v) is 5.99. The maximum absolute atomic E-state index is 5.90. The van der Waals surface area contributed by atoms with Crippen molar-refractivity contribution in [3.05, 3.63) is 17.8 Å². The van der Waals surface area contributed by atoms with Crippen LogP contribution < -0.4 is 5.32 Å². The van der Waals surface area contributed by atoms with Crippen molar-refractivity contribution < 1.29 is 4.42 Å². The molecule has 0 amide bonds. The van der Waals surface area contributed by atoms with Gasteiger partial charge in [0.1, 0.15) is 5.76 Å². The minimum absolute atomic E-state index is 0.125. The lowest BCUT2D eigenvalue weighted by Crippen LogP contribution is -2.44. The van der Waals surface area contributed by atoms with Crippen LogP contribution in [0.1, 0.15) is 70.2 Å². The van der Waals surface area contributed by atoms with Gasteiger partial charge < -0.3 is 9.73 Å². The van der Waals surface area contributed by atoms with E-state index in [2.05, 4.69) is 31.1 Å². The average molecular weight is 288 g/mol. The number of aromatic nitrogens is 1. The van der Waals surface area contributed by atoms with Gasteiger partial charge in [-0.1, -0.05) is 0 Å². The van der Waals surface area contributed by atoms with Crippen LogP contribution in [-0.4, -0.2) is 10.5 Å². The van der Waals surface area contributed by atoms with Crippen LogP contribution in [0.5, 0.6) is 0 Å². The zero-order valence-electron chi connectivity index (χ0n) is 13.6. The molecule has 0 saturated heterocycles. The summed E-state index contributed by atoms with van der Waals surface area (Å²) in [6.45, 7) is 7.44. The first-order chi connectivity index (χ1) is 9.99. The molecule has 0 unspecified atom stereocenters. The van der Waals surface area contributed by atoms with Crippen LogP contribution in [0.25, 0.3) is 0 Å². The molecule has 1 heterocycles. The zero-order chi connectivity index (χ0) is 14.6. The summed E-state index contributed by atoms with van der Waals surface area (Å²) in [5.41, 5.74) is 1.28. The van der Waals surface area contributed by atoms with E-state index in [1.165, 1.54) is 37.9 Å². The van der Waals surface area contributed by atoms with Crippen LogP contribution in [-0.2, 0) is 6.54 Å². The van der Waals surface area contributed by atoms with E-state index < -0.39 is 0 Å². The molecule has 1 aromatic heterocycles. The highest BCUT2D eigenvalue weighted by atomic mass is 16.3. The Morgan fingerprint density at radius 1 is 1.10 bits per heavy atom. The molecule has 5 rings (SSSR count). The molecule has 4 aliphatic carbocycles. The Kier molecular flexibility index (Phi) is 3.18. The molecule has 0 radical (unpaired) electrons. The molecular weight excluding hydrogens is 260 g/mol. The molecule has 1 aromatic rings. The Morgan fingerprint density at radius 3 is 2.29 bits per heavy atom. The lowest BCUT2D eigenvalue weighted by Gasteiger charge is -2.53. The fourth-order valence-electron chi connectivity index (χ4n) is 5.38. The molecule has 0 spiro atoms. The van der Waals surface area contributed by atoms with Gasteiger partial charge in [0.05, 0.1) is 5.69 Å². The molecule has 0 atom stereocenters. The van der Waals surface area contributed by atoms with Gasteiger partial charge in [-0.15, -0.1) is 0 Å². The normalized spacial score (nSPS) is 38.1. The van der Waals surface area contributed by atoms with E-state index in [1.807, 2.05) is 0 Å². The van der Waals surface area contributed by atoms with E-state index >= 15 is 0 Å². The number of rotatable bonds is 3. The highest BCUT2D eigenvalue weighted by Crippen LogP contribution is 2.60. The van der Waals surface area contributed by atoms with Gasteiger partial charge in [-0.2, -0.15) is 0 Å². The van der Waals surface area contributed by atoms with Crippen molar-refractivity contribution >= 4 is 0 Å². The van der Waals surface area contributed by atoms with Gasteiger partial charge >= 0.3 is 0 Å². The van der Waals surface area contributed by atoms with E-state index in [-0.39, 0.29) is 5.54 Å². The van der Waals surface area contributed by atoms with Crippen LogP contribution >= 0.6 is 0 Å². The minimum atomic E-state index is 0.125. The molecule has 0 aliphatic heterocycles. The van der Waals surface area contributed by atoms with Gasteiger partial charge in [0.15, 0.2) is 6.39 Å². The van der Waals surface area contributed by atoms with Crippen LogP contribution in [0.3, 0.4) is 0 Å². The van der Waals surface area contributed by atoms with Crippen LogP contribution in [0, 0.1) is 23.7 Å². The Morgan fingerprint density at radius 2 is 1.71 bits per heavy atom. The molecule has 4 bridgehead atoms. The fourth-order valence-corrected chi connectivity index (χ4v) is 5.38. The Balaban J connectivity index is 1.55. The summed E-state index contributed by atoms with van der Waals surface area (Å²) in [4.78, 5) is 4.52. The molecule has 4 saturated carbocycles. The maximum atomic E-state index is 5.90. The van der Waals surface area contributed by atoms with E-state index in [1.54, 1.807) is 6.39 Å². The molecule has 116 valence electrons. The summed E-state index contributed by atoms with van der Waals surface area (Å²) in [6.07, 6.45) is 8.92. The Labute approximate surface area is 127 Å². The first-order valence-electron chi connectivity index (χ1n) is 8.67. The van der Waals surface area contributed by atoms with Crippen LogP contribution in [0.4, 0.5) is 0 Å². The first kappa shape index (κ1) is 13.8. The van der Waals surface area contributed by atoms with Gasteiger partial charge in [0.2, 0.25) is 0 Å². The lowest BCUT2D eigenvalue weighted by molar-refractivity contribution is -0.0100. The van der Waals surface area contributed by atoms with Gasteiger partial charge in [0.25, 0.3) is 0 Å². The van der Waals surface area contributed by atoms with Gasteiger partial charge in [-0.3, -0.25) is 0 Å². The Hall–Kier alpha value is -0.830. The topological polar surface area (TPSA) is 38.1 Å². The average Bonchev–Trinajstić information content (AvgIpc) is 2.82. The quantitative estimate of drug-likeness (QED) is 0.910. The number of nitrogens with zero attached hydrogens (tertiary/aromatic N) is 1. The van der Waals surface area contributed by atoms with Crippen molar-refractivity contribution in [3.63, 3.8) is 0 Å². The predicted octanol–water partition coefficient (Wildman–Crippen LogP) is 4.10. The summed E-state index contributed by atoms with van der Waals surface area (Å²) in [7, 11) is 0. The third kappa shape index (κ3) is 2.54. The highest BCUT2D eigenvalue weighted by molar-refractivity contribution is 5.19. The summed E-state index contributed by atoms with van der Waals surface area (Å²) in [5.74, 6) is 5.62. The minimum Gasteiger partial charge on any atom is -0.448 e. The zero-order valence-corrected chi connectivity index (χ0v) is 13.6.